The molecule has 0 heterocycles. The SMILES string of the molecule is CCCC(=O)O.O=C(O)CC(O)C(=O)O. The number of aliphatic hydroxyl groups is 1. The minimum absolute atomic E-state index is 0.292. The molecular formula is C8H14O7. The van der Waals surface area contributed by atoms with E-state index in [1.807, 2.05) is 6.92 Å². The topological polar surface area (TPSA) is 132 Å². The number of aliphatic carboxylic acids is 3. The summed E-state index contributed by atoms with van der Waals surface area (Å²) < 4.78 is 0. The van der Waals surface area contributed by atoms with Crippen molar-refractivity contribution in [3.8, 4) is 0 Å². The van der Waals surface area contributed by atoms with E-state index in [-0.39, 0.29) is 0 Å². The largest absolute Gasteiger partial charge is 0.481 e. The van der Waals surface area contributed by atoms with Crippen molar-refractivity contribution in [1.29, 1.82) is 0 Å². The van der Waals surface area contributed by atoms with Crippen molar-refractivity contribution >= 4 is 17.9 Å². The number of hydrogen-bond donors (Lipinski definition) is 4. The molecule has 0 saturated carbocycles. The zero-order valence-electron chi connectivity index (χ0n) is 8.21. The second kappa shape index (κ2) is 8.95. The summed E-state index contributed by atoms with van der Waals surface area (Å²) in [5.74, 6) is -3.56. The maximum absolute atomic E-state index is 9.72. The normalized spacial score (nSPS) is 10.8. The van der Waals surface area contributed by atoms with Gasteiger partial charge in [0.2, 0.25) is 0 Å². The molecule has 0 aliphatic rings. The highest BCUT2D eigenvalue weighted by molar-refractivity contribution is 5.79. The van der Waals surface area contributed by atoms with E-state index >= 15 is 0 Å². The molecule has 0 saturated heterocycles. The van der Waals surface area contributed by atoms with Crippen LogP contribution in [0.3, 0.4) is 0 Å². The Bertz CT molecular complexity index is 223. The highest BCUT2D eigenvalue weighted by atomic mass is 16.4. The van der Waals surface area contributed by atoms with Gasteiger partial charge in [0, 0.05) is 6.42 Å². The summed E-state index contributed by atoms with van der Waals surface area (Å²) in [4.78, 5) is 29.0. The summed E-state index contributed by atoms with van der Waals surface area (Å²) in [6.45, 7) is 1.84. The van der Waals surface area contributed by atoms with E-state index in [0.29, 0.717) is 6.42 Å². The van der Waals surface area contributed by atoms with Gasteiger partial charge in [-0.3, -0.25) is 9.59 Å². The molecule has 15 heavy (non-hydrogen) atoms. The van der Waals surface area contributed by atoms with Gasteiger partial charge in [-0.2, -0.15) is 0 Å². The summed E-state index contributed by atoms with van der Waals surface area (Å²) in [6.07, 6.45) is -1.52. The van der Waals surface area contributed by atoms with Gasteiger partial charge in [0.25, 0.3) is 0 Å². The third-order valence-corrected chi connectivity index (χ3v) is 1.12. The first-order chi connectivity index (χ1) is 6.81. The highest BCUT2D eigenvalue weighted by Crippen LogP contribution is 1.89. The van der Waals surface area contributed by atoms with Crippen molar-refractivity contribution in [2.75, 3.05) is 0 Å². The van der Waals surface area contributed by atoms with E-state index in [9.17, 15) is 14.4 Å². The van der Waals surface area contributed by atoms with Gasteiger partial charge in [0.05, 0.1) is 6.42 Å². The van der Waals surface area contributed by atoms with Gasteiger partial charge in [-0.1, -0.05) is 6.92 Å². The zero-order valence-corrected chi connectivity index (χ0v) is 8.21. The Kier molecular flexibility index (Phi) is 9.44. The van der Waals surface area contributed by atoms with Crippen LogP contribution in [0, 0.1) is 0 Å². The van der Waals surface area contributed by atoms with Gasteiger partial charge in [-0.25, -0.2) is 4.79 Å². The number of carboxylic acid groups (broad SMARTS) is 3. The number of hydrogen-bond acceptors (Lipinski definition) is 4. The zero-order chi connectivity index (χ0) is 12.4. The van der Waals surface area contributed by atoms with E-state index in [1.165, 1.54) is 0 Å². The monoisotopic (exact) mass is 222 g/mol. The van der Waals surface area contributed by atoms with Crippen molar-refractivity contribution < 1.29 is 34.8 Å². The van der Waals surface area contributed by atoms with Crippen LogP contribution in [-0.2, 0) is 14.4 Å². The Morgan fingerprint density at radius 2 is 1.53 bits per heavy atom. The van der Waals surface area contributed by atoms with Crippen molar-refractivity contribution in [2.45, 2.75) is 32.3 Å². The van der Waals surface area contributed by atoms with Crippen LogP contribution < -0.4 is 0 Å². The van der Waals surface area contributed by atoms with Crippen LogP contribution in [0.4, 0.5) is 0 Å². The molecule has 1 unspecified atom stereocenters. The molecule has 7 nitrogen and oxygen atoms in total. The summed E-state index contributed by atoms with van der Waals surface area (Å²) >= 11 is 0. The van der Waals surface area contributed by atoms with E-state index in [4.69, 9.17) is 20.4 Å². The lowest BCUT2D eigenvalue weighted by atomic mass is 10.3. The van der Waals surface area contributed by atoms with Crippen molar-refractivity contribution in [3.05, 3.63) is 0 Å². The highest BCUT2D eigenvalue weighted by Gasteiger charge is 2.16. The first-order valence-corrected chi connectivity index (χ1v) is 4.15. The molecule has 0 radical (unpaired) electrons. The predicted octanol–water partition coefficient (Wildman–Crippen LogP) is -0.222. The molecule has 0 aliphatic heterocycles. The Balaban J connectivity index is 0. The fourth-order valence-electron chi connectivity index (χ4n) is 0.467. The molecule has 0 fully saturated rings. The average Bonchev–Trinajstić information content (AvgIpc) is 2.03. The minimum Gasteiger partial charge on any atom is -0.481 e. The molecule has 0 aromatic carbocycles. The Labute approximate surface area is 86.0 Å². The van der Waals surface area contributed by atoms with Gasteiger partial charge in [0.1, 0.15) is 0 Å². The molecule has 0 aromatic heterocycles. The third-order valence-electron chi connectivity index (χ3n) is 1.12. The van der Waals surface area contributed by atoms with Crippen LogP contribution in [0.25, 0.3) is 0 Å². The van der Waals surface area contributed by atoms with E-state index in [0.717, 1.165) is 6.42 Å². The molecule has 0 aromatic rings. The standard InChI is InChI=1S/C4H6O5.C4H8O2/c5-2(4(8)9)1-3(6)7;1-2-3-4(5)6/h2,5H,1H2,(H,6,7)(H,8,9);2-3H2,1H3,(H,5,6). The maximum atomic E-state index is 9.72. The van der Waals surface area contributed by atoms with Crippen LogP contribution in [0.5, 0.6) is 0 Å². The maximum Gasteiger partial charge on any atom is 0.333 e. The first kappa shape index (κ1) is 15.8. The first-order valence-electron chi connectivity index (χ1n) is 4.15. The van der Waals surface area contributed by atoms with Gasteiger partial charge in [0.15, 0.2) is 6.10 Å². The quantitative estimate of drug-likeness (QED) is 0.505. The molecular weight excluding hydrogens is 208 g/mol. The molecule has 88 valence electrons. The fraction of sp³-hybridized carbons (Fsp3) is 0.625. The number of carboxylic acids is 3. The average molecular weight is 222 g/mol. The summed E-state index contributed by atoms with van der Waals surface area (Å²) in [5, 5.41) is 32.1. The lowest BCUT2D eigenvalue weighted by Crippen LogP contribution is -2.22. The lowest BCUT2D eigenvalue weighted by molar-refractivity contribution is -0.152. The molecule has 0 rings (SSSR count). The van der Waals surface area contributed by atoms with E-state index in [1.54, 1.807) is 0 Å². The summed E-state index contributed by atoms with van der Waals surface area (Å²) in [7, 11) is 0. The molecule has 1 atom stereocenters. The number of rotatable bonds is 5. The molecule has 0 bridgehead atoms. The Morgan fingerprint density at radius 1 is 1.07 bits per heavy atom. The van der Waals surface area contributed by atoms with Crippen LogP contribution in [0.15, 0.2) is 0 Å². The third kappa shape index (κ3) is 15.2. The molecule has 7 heteroatoms. The Morgan fingerprint density at radius 3 is 1.60 bits per heavy atom. The number of aliphatic hydroxyl groups excluding tert-OH is 1. The van der Waals surface area contributed by atoms with E-state index in [2.05, 4.69) is 0 Å². The predicted molar refractivity (Wildman–Crippen MR) is 48.4 cm³/mol. The lowest BCUT2D eigenvalue weighted by Gasteiger charge is -1.97. The van der Waals surface area contributed by atoms with Gasteiger partial charge in [-0.15, -0.1) is 0 Å². The second-order valence-corrected chi connectivity index (χ2v) is 2.60. The summed E-state index contributed by atoms with van der Waals surface area (Å²) in [5.41, 5.74) is 0. The molecule has 0 aliphatic carbocycles. The van der Waals surface area contributed by atoms with Crippen LogP contribution in [0.2, 0.25) is 0 Å². The summed E-state index contributed by atoms with van der Waals surface area (Å²) in [6, 6.07) is 0. The van der Waals surface area contributed by atoms with Crippen LogP contribution in [-0.4, -0.2) is 44.4 Å². The molecule has 0 spiro atoms. The Hall–Kier alpha value is -1.63. The van der Waals surface area contributed by atoms with Crippen LogP contribution in [0.1, 0.15) is 26.2 Å². The fourth-order valence-corrected chi connectivity index (χ4v) is 0.467. The van der Waals surface area contributed by atoms with Crippen molar-refractivity contribution in [3.63, 3.8) is 0 Å². The smallest absolute Gasteiger partial charge is 0.333 e. The minimum atomic E-state index is -1.79. The number of carbonyl (C=O) groups is 3. The van der Waals surface area contributed by atoms with Gasteiger partial charge >= 0.3 is 17.9 Å². The van der Waals surface area contributed by atoms with Crippen molar-refractivity contribution in [1.82, 2.24) is 0 Å². The molecule has 0 amide bonds. The van der Waals surface area contributed by atoms with E-state index < -0.39 is 30.4 Å². The van der Waals surface area contributed by atoms with Crippen molar-refractivity contribution in [2.24, 2.45) is 0 Å². The second-order valence-electron chi connectivity index (χ2n) is 2.60. The van der Waals surface area contributed by atoms with Gasteiger partial charge < -0.3 is 20.4 Å². The van der Waals surface area contributed by atoms with Crippen LogP contribution >= 0.6 is 0 Å². The molecule has 4 N–H and O–H groups in total. The van der Waals surface area contributed by atoms with Gasteiger partial charge in [-0.05, 0) is 6.42 Å².